The number of nitrogens with one attached hydrogen (secondary N) is 1. The molecular formula is C40H54ClN5O5S. The molecule has 0 spiro atoms. The van der Waals surface area contributed by atoms with Crippen LogP contribution in [0.25, 0.3) is 0 Å². The van der Waals surface area contributed by atoms with Crippen molar-refractivity contribution >= 4 is 33.2 Å². The average molecular weight is 752 g/mol. The molecule has 1 N–H and O–H groups in total. The number of amides is 1. The summed E-state index contributed by atoms with van der Waals surface area (Å²) in [4.78, 5) is 20.8. The summed E-state index contributed by atoms with van der Waals surface area (Å²) in [5.74, 6) is 0.367. The number of halogens is 1. The van der Waals surface area contributed by atoms with Crippen LogP contribution in [-0.2, 0) is 27.8 Å². The second-order valence-corrected chi connectivity index (χ2v) is 17.7. The van der Waals surface area contributed by atoms with Gasteiger partial charge in [0.2, 0.25) is 10.0 Å². The number of fused-ring (bicyclic) bond motifs is 3. The molecule has 1 aliphatic carbocycles. The summed E-state index contributed by atoms with van der Waals surface area (Å²) in [6, 6.07) is 13.5. The van der Waals surface area contributed by atoms with E-state index >= 15 is 0 Å². The molecule has 1 saturated heterocycles. The number of anilines is 1. The monoisotopic (exact) mass is 751 g/mol. The van der Waals surface area contributed by atoms with Crippen molar-refractivity contribution in [2.75, 3.05) is 64.4 Å². The van der Waals surface area contributed by atoms with E-state index in [1.807, 2.05) is 44.4 Å². The van der Waals surface area contributed by atoms with Gasteiger partial charge in [-0.25, -0.2) is 13.1 Å². The molecule has 10 nitrogen and oxygen atoms in total. The highest BCUT2D eigenvalue weighted by Gasteiger charge is 2.48. The van der Waals surface area contributed by atoms with E-state index in [2.05, 4.69) is 37.6 Å². The van der Waals surface area contributed by atoms with Gasteiger partial charge in [0.05, 0.1) is 17.0 Å². The van der Waals surface area contributed by atoms with Crippen LogP contribution in [0.2, 0.25) is 5.02 Å². The molecule has 3 aliphatic heterocycles. The normalized spacial score (nSPS) is 29.5. The number of methoxy groups -OCH3 is 1. The van der Waals surface area contributed by atoms with Crippen molar-refractivity contribution in [3.05, 3.63) is 70.3 Å². The summed E-state index contributed by atoms with van der Waals surface area (Å²) in [7, 11) is -2.15. The SMILES string of the molecule is CO[C@@]1(CN2CCN(CCC#N)CC2)/C=C/C[C@H](C)[C@@H](C)S(=O)(=O)NC(=O)c2ccc3c(c2)N(CCCCc2cc(Cl)ccc2CO3)C[C@@H]2CCC21. The number of nitriles is 1. The summed E-state index contributed by atoms with van der Waals surface area (Å²) >= 11 is 6.39. The topological polar surface area (TPSA) is 115 Å². The molecule has 2 aromatic rings. The molecule has 1 unspecified atom stereocenters. The quantitative estimate of drug-likeness (QED) is 0.365. The summed E-state index contributed by atoms with van der Waals surface area (Å²) < 4.78 is 42.7. The third-order valence-electron chi connectivity index (χ3n) is 12.0. The Labute approximate surface area is 315 Å². The zero-order valence-corrected chi connectivity index (χ0v) is 32.4. The van der Waals surface area contributed by atoms with Crippen LogP contribution in [0.15, 0.2) is 48.6 Å². The van der Waals surface area contributed by atoms with Gasteiger partial charge in [-0.15, -0.1) is 0 Å². The Hall–Kier alpha value is -3.14. The van der Waals surface area contributed by atoms with Crippen LogP contribution in [0.5, 0.6) is 5.75 Å². The smallest absolute Gasteiger partial charge is 0.264 e. The molecule has 0 aromatic heterocycles. The number of nitrogens with zero attached hydrogens (tertiary/aromatic N) is 4. The molecule has 0 radical (unpaired) electrons. The Morgan fingerprint density at radius 2 is 1.83 bits per heavy atom. The predicted molar refractivity (Wildman–Crippen MR) is 205 cm³/mol. The Kier molecular flexibility index (Phi) is 12.5. The minimum atomic E-state index is -3.97. The number of carbonyl (C=O) groups excluding carboxylic acids is 1. The van der Waals surface area contributed by atoms with Crippen LogP contribution in [0.4, 0.5) is 5.69 Å². The number of hydrogen-bond donors (Lipinski definition) is 1. The molecule has 3 heterocycles. The molecule has 52 heavy (non-hydrogen) atoms. The number of rotatable bonds is 5. The highest BCUT2D eigenvalue weighted by molar-refractivity contribution is 7.90. The van der Waals surface area contributed by atoms with E-state index in [1.165, 1.54) is 5.56 Å². The van der Waals surface area contributed by atoms with Crippen molar-refractivity contribution in [2.45, 2.75) is 76.3 Å². The van der Waals surface area contributed by atoms with Gasteiger partial charge in [-0.2, -0.15) is 5.26 Å². The number of benzene rings is 2. The number of allylic oxidation sites excluding steroid dienone is 1. The van der Waals surface area contributed by atoms with Crippen molar-refractivity contribution in [1.29, 1.82) is 5.26 Å². The van der Waals surface area contributed by atoms with Crippen LogP contribution < -0.4 is 14.4 Å². The Bertz CT molecular complexity index is 1760. The van der Waals surface area contributed by atoms with Gasteiger partial charge in [0, 0.05) is 76.5 Å². The van der Waals surface area contributed by atoms with E-state index < -0.39 is 26.8 Å². The first kappa shape index (κ1) is 38.6. The van der Waals surface area contributed by atoms with Crippen LogP contribution in [0, 0.1) is 29.1 Å². The van der Waals surface area contributed by atoms with Gasteiger partial charge in [0.15, 0.2) is 0 Å². The van der Waals surface area contributed by atoms with E-state index in [1.54, 1.807) is 13.0 Å². The molecule has 5 atom stereocenters. The number of ether oxygens (including phenoxy) is 2. The molecule has 4 aliphatic rings. The number of carbonyl (C=O) groups is 1. The lowest BCUT2D eigenvalue weighted by Gasteiger charge is -2.52. The van der Waals surface area contributed by atoms with E-state index in [0.717, 1.165) is 95.7 Å². The van der Waals surface area contributed by atoms with Crippen LogP contribution >= 0.6 is 11.6 Å². The number of hydrogen-bond acceptors (Lipinski definition) is 9. The zero-order valence-electron chi connectivity index (χ0n) is 30.9. The lowest BCUT2D eigenvalue weighted by atomic mass is 9.63. The van der Waals surface area contributed by atoms with Gasteiger partial charge >= 0.3 is 0 Å². The van der Waals surface area contributed by atoms with Gasteiger partial charge in [-0.3, -0.25) is 14.6 Å². The third-order valence-corrected chi connectivity index (χ3v) is 14.2. The number of aryl methyl sites for hydroxylation is 1. The molecule has 282 valence electrons. The molecule has 1 amide bonds. The molecular weight excluding hydrogens is 698 g/mol. The van der Waals surface area contributed by atoms with Crippen molar-refractivity contribution in [3.63, 3.8) is 0 Å². The fourth-order valence-electron chi connectivity index (χ4n) is 8.36. The van der Waals surface area contributed by atoms with Crippen LogP contribution in [-0.4, -0.2) is 94.4 Å². The minimum absolute atomic E-state index is 0.237. The maximum atomic E-state index is 13.6. The Morgan fingerprint density at radius 1 is 1.04 bits per heavy atom. The van der Waals surface area contributed by atoms with Crippen molar-refractivity contribution in [1.82, 2.24) is 14.5 Å². The number of sulfonamides is 1. The zero-order chi connectivity index (χ0) is 36.9. The van der Waals surface area contributed by atoms with Crippen molar-refractivity contribution < 1.29 is 22.7 Å². The first-order valence-corrected chi connectivity index (χ1v) is 20.8. The summed E-state index contributed by atoms with van der Waals surface area (Å²) in [5.41, 5.74) is 2.79. The van der Waals surface area contributed by atoms with Crippen LogP contribution in [0.3, 0.4) is 0 Å². The maximum absolute atomic E-state index is 13.6. The summed E-state index contributed by atoms with van der Waals surface area (Å²) in [6.07, 6.45) is 10.3. The second-order valence-electron chi connectivity index (χ2n) is 15.2. The van der Waals surface area contributed by atoms with Crippen LogP contribution in [0.1, 0.15) is 73.9 Å². The van der Waals surface area contributed by atoms with Crippen molar-refractivity contribution in [3.8, 4) is 11.8 Å². The Morgan fingerprint density at radius 3 is 2.56 bits per heavy atom. The number of piperazine rings is 1. The first-order chi connectivity index (χ1) is 25.0. The van der Waals surface area contributed by atoms with E-state index in [9.17, 15) is 13.2 Å². The molecule has 2 bridgehead atoms. The van der Waals surface area contributed by atoms with Gasteiger partial charge in [0.1, 0.15) is 18.0 Å². The molecule has 1 saturated carbocycles. The van der Waals surface area contributed by atoms with Gasteiger partial charge in [0.25, 0.3) is 5.91 Å². The lowest BCUT2D eigenvalue weighted by molar-refractivity contribution is -0.0953. The average Bonchev–Trinajstić information content (AvgIpc) is 3.15. The highest BCUT2D eigenvalue weighted by atomic mass is 35.5. The maximum Gasteiger partial charge on any atom is 0.264 e. The van der Waals surface area contributed by atoms with Crippen molar-refractivity contribution in [2.24, 2.45) is 17.8 Å². The van der Waals surface area contributed by atoms with Gasteiger partial charge in [-0.1, -0.05) is 36.7 Å². The fourth-order valence-corrected chi connectivity index (χ4v) is 9.84. The Balaban J connectivity index is 1.36. The minimum Gasteiger partial charge on any atom is -0.487 e. The predicted octanol–water partition coefficient (Wildman–Crippen LogP) is 6.05. The third kappa shape index (κ3) is 8.79. The standard InChI is InChI=1S/C40H54ClN5O5S/c1-29-8-6-16-40(50-3,28-45-22-20-44(21-23-45)18-7-17-42)36-14-11-33(36)26-46-19-5-4-9-31-24-35(41)13-10-34(31)27-51-38-15-12-32(25-37(38)46)39(47)43-52(48,49)30(29)2/h6,10,12-13,15-16,24-25,29-30,33,36H,4-5,7-9,11,14,18-23,26-28H2,1-3H3,(H,43,47)/b16-6+/t29-,30+,33-,36?,40+/m0/s1. The second kappa shape index (κ2) is 16.9. The highest BCUT2D eigenvalue weighted by Crippen LogP contribution is 2.47. The molecule has 12 heteroatoms. The van der Waals surface area contributed by atoms with Gasteiger partial charge in [-0.05, 0) is 105 Å². The molecule has 2 aromatic carbocycles. The fraction of sp³-hybridized carbons (Fsp3) is 0.600. The largest absolute Gasteiger partial charge is 0.487 e. The van der Waals surface area contributed by atoms with Gasteiger partial charge < -0.3 is 14.4 Å². The van der Waals surface area contributed by atoms with E-state index in [-0.39, 0.29) is 17.4 Å². The summed E-state index contributed by atoms with van der Waals surface area (Å²) in [6.45, 7) is 10.7. The summed E-state index contributed by atoms with van der Waals surface area (Å²) in [5, 5.41) is 9.01. The van der Waals surface area contributed by atoms with E-state index in [0.29, 0.717) is 36.1 Å². The molecule has 6 rings (SSSR count). The van der Waals surface area contributed by atoms with E-state index in [4.69, 9.17) is 26.3 Å². The first-order valence-electron chi connectivity index (χ1n) is 18.9. The molecule has 2 fully saturated rings. The lowest BCUT2D eigenvalue weighted by Crippen LogP contribution is -2.58.